The first kappa shape index (κ1) is 20.4. The van der Waals surface area contributed by atoms with E-state index < -0.39 is 0 Å². The lowest BCUT2D eigenvalue weighted by atomic mass is 10.1. The molecule has 1 heterocycles. The van der Waals surface area contributed by atoms with Crippen LogP contribution in [0.25, 0.3) is 0 Å². The van der Waals surface area contributed by atoms with Crippen molar-refractivity contribution < 1.29 is 19.0 Å². The summed E-state index contributed by atoms with van der Waals surface area (Å²) in [4.78, 5) is 14.5. The molecule has 1 aromatic carbocycles. The Balaban J connectivity index is 0.00000288. The molecule has 1 aliphatic heterocycles. The monoisotopic (exact) mass is 358 g/mol. The summed E-state index contributed by atoms with van der Waals surface area (Å²) in [6.45, 7) is 8.85. The van der Waals surface area contributed by atoms with Crippen molar-refractivity contribution in [2.75, 3.05) is 40.0 Å². The first-order valence-electron chi connectivity index (χ1n) is 8.16. The second-order valence-corrected chi connectivity index (χ2v) is 5.33. The molecule has 1 N–H and O–H groups in total. The van der Waals surface area contributed by atoms with Crippen LogP contribution in [0.4, 0.5) is 0 Å². The molecule has 1 aliphatic rings. The summed E-state index contributed by atoms with van der Waals surface area (Å²) in [6.07, 6.45) is 0. The van der Waals surface area contributed by atoms with E-state index in [0.29, 0.717) is 42.6 Å². The van der Waals surface area contributed by atoms with E-state index in [1.165, 1.54) is 0 Å². The number of nitrogens with zero attached hydrogens (tertiary/aromatic N) is 1. The van der Waals surface area contributed by atoms with Crippen molar-refractivity contribution in [3.8, 4) is 17.2 Å². The molecular formula is C17H27ClN2O4. The Morgan fingerprint density at radius 3 is 1.96 bits per heavy atom. The molecule has 0 bridgehead atoms. The Kier molecular flexibility index (Phi) is 8.15. The molecular weight excluding hydrogens is 332 g/mol. The zero-order chi connectivity index (χ0) is 16.8. The summed E-state index contributed by atoms with van der Waals surface area (Å²) in [5.74, 6) is 1.61. The predicted octanol–water partition coefficient (Wildman–Crippen LogP) is 2.35. The summed E-state index contributed by atoms with van der Waals surface area (Å²) in [7, 11) is 1.82. The molecule has 7 heteroatoms. The molecule has 1 saturated heterocycles. The van der Waals surface area contributed by atoms with Gasteiger partial charge in [-0.05, 0) is 32.9 Å². The van der Waals surface area contributed by atoms with Crippen LogP contribution in [0, 0.1) is 0 Å². The van der Waals surface area contributed by atoms with Crippen molar-refractivity contribution in [2.24, 2.45) is 0 Å². The van der Waals surface area contributed by atoms with Crippen LogP contribution in [0.3, 0.4) is 0 Å². The van der Waals surface area contributed by atoms with Gasteiger partial charge in [0.25, 0.3) is 5.91 Å². The van der Waals surface area contributed by atoms with E-state index in [4.69, 9.17) is 14.2 Å². The lowest BCUT2D eigenvalue weighted by Gasteiger charge is -2.35. The Hall–Kier alpha value is -1.66. The van der Waals surface area contributed by atoms with Crippen LogP contribution in [0.1, 0.15) is 31.1 Å². The highest BCUT2D eigenvalue weighted by molar-refractivity contribution is 5.95. The van der Waals surface area contributed by atoms with Gasteiger partial charge in [0.1, 0.15) is 0 Å². The molecule has 0 spiro atoms. The standard InChI is InChI=1S/C17H26N2O4.ClH/c1-5-21-14-8-12(17(20)19(4)13-10-18-11-13)9-15(22-6-2)16(14)23-7-3;/h8-9,13,18H,5-7,10-11H2,1-4H3;1H. The van der Waals surface area contributed by atoms with Gasteiger partial charge >= 0.3 is 0 Å². The Morgan fingerprint density at radius 2 is 1.58 bits per heavy atom. The van der Waals surface area contributed by atoms with Crippen molar-refractivity contribution >= 4 is 18.3 Å². The normalized spacial score (nSPS) is 13.5. The number of amides is 1. The van der Waals surface area contributed by atoms with Crippen LogP contribution < -0.4 is 19.5 Å². The van der Waals surface area contributed by atoms with Gasteiger partial charge in [0, 0.05) is 25.7 Å². The molecule has 0 unspecified atom stereocenters. The number of rotatable bonds is 8. The van der Waals surface area contributed by atoms with E-state index >= 15 is 0 Å². The molecule has 2 rings (SSSR count). The van der Waals surface area contributed by atoms with Crippen molar-refractivity contribution in [1.82, 2.24) is 10.2 Å². The van der Waals surface area contributed by atoms with Crippen LogP contribution >= 0.6 is 12.4 Å². The fourth-order valence-corrected chi connectivity index (χ4v) is 2.43. The lowest BCUT2D eigenvalue weighted by molar-refractivity contribution is 0.0680. The molecule has 24 heavy (non-hydrogen) atoms. The average Bonchev–Trinajstić information content (AvgIpc) is 2.48. The molecule has 0 aromatic heterocycles. The molecule has 1 amide bonds. The molecule has 0 aliphatic carbocycles. The fourth-order valence-electron chi connectivity index (χ4n) is 2.43. The average molecular weight is 359 g/mol. The first-order valence-corrected chi connectivity index (χ1v) is 8.16. The number of ether oxygens (including phenoxy) is 3. The summed E-state index contributed by atoms with van der Waals surface area (Å²) < 4.78 is 17.0. The highest BCUT2D eigenvalue weighted by Crippen LogP contribution is 2.39. The summed E-state index contributed by atoms with van der Waals surface area (Å²) >= 11 is 0. The third-order valence-corrected chi connectivity index (χ3v) is 3.78. The van der Waals surface area contributed by atoms with Crippen molar-refractivity contribution in [1.29, 1.82) is 0 Å². The number of carbonyl (C=O) groups excluding carboxylic acids is 1. The summed E-state index contributed by atoms with van der Waals surface area (Å²) in [6, 6.07) is 3.71. The van der Waals surface area contributed by atoms with Crippen LogP contribution in [0.15, 0.2) is 12.1 Å². The van der Waals surface area contributed by atoms with Gasteiger partial charge in [-0.1, -0.05) is 0 Å². The number of hydrogen-bond donors (Lipinski definition) is 1. The zero-order valence-electron chi connectivity index (χ0n) is 14.8. The minimum atomic E-state index is -0.0403. The number of nitrogens with one attached hydrogen (secondary N) is 1. The lowest BCUT2D eigenvalue weighted by Crippen LogP contribution is -2.57. The minimum absolute atomic E-state index is 0. The Morgan fingerprint density at radius 1 is 1.08 bits per heavy atom. The predicted molar refractivity (Wildman–Crippen MR) is 95.9 cm³/mol. The van der Waals surface area contributed by atoms with Gasteiger partial charge in [0.2, 0.25) is 5.75 Å². The molecule has 0 radical (unpaired) electrons. The Bertz CT molecular complexity index is 522. The second-order valence-electron chi connectivity index (χ2n) is 5.33. The van der Waals surface area contributed by atoms with Gasteiger partial charge in [-0.2, -0.15) is 0 Å². The molecule has 1 aromatic rings. The maximum Gasteiger partial charge on any atom is 0.254 e. The number of benzene rings is 1. The minimum Gasteiger partial charge on any atom is -0.490 e. The largest absolute Gasteiger partial charge is 0.490 e. The summed E-state index contributed by atoms with van der Waals surface area (Å²) in [5.41, 5.74) is 0.551. The zero-order valence-corrected chi connectivity index (χ0v) is 15.6. The SMILES string of the molecule is CCOc1cc(C(=O)N(C)C2CNC2)cc(OCC)c1OCC.Cl. The quantitative estimate of drug-likeness (QED) is 0.773. The molecule has 6 nitrogen and oxygen atoms in total. The first-order chi connectivity index (χ1) is 11.1. The fraction of sp³-hybridized carbons (Fsp3) is 0.588. The van der Waals surface area contributed by atoms with Gasteiger partial charge in [-0.15, -0.1) is 12.4 Å². The highest BCUT2D eigenvalue weighted by Gasteiger charge is 2.27. The van der Waals surface area contributed by atoms with Crippen molar-refractivity contribution in [2.45, 2.75) is 26.8 Å². The highest BCUT2D eigenvalue weighted by atomic mass is 35.5. The van der Waals surface area contributed by atoms with Crippen LogP contribution in [0.5, 0.6) is 17.2 Å². The van der Waals surface area contributed by atoms with Gasteiger partial charge in [-0.3, -0.25) is 4.79 Å². The van der Waals surface area contributed by atoms with E-state index in [1.807, 2.05) is 27.8 Å². The van der Waals surface area contributed by atoms with Crippen LogP contribution in [-0.4, -0.2) is 56.8 Å². The smallest absolute Gasteiger partial charge is 0.254 e. The number of carbonyl (C=O) groups is 1. The van der Waals surface area contributed by atoms with E-state index in [1.54, 1.807) is 17.0 Å². The molecule has 136 valence electrons. The Labute approximate surface area is 149 Å². The number of hydrogen-bond acceptors (Lipinski definition) is 5. The van der Waals surface area contributed by atoms with E-state index in [9.17, 15) is 4.79 Å². The van der Waals surface area contributed by atoms with E-state index in [-0.39, 0.29) is 24.4 Å². The third kappa shape index (κ3) is 4.45. The molecule has 0 atom stereocenters. The van der Waals surface area contributed by atoms with Gasteiger partial charge < -0.3 is 24.4 Å². The summed E-state index contributed by atoms with van der Waals surface area (Å²) in [5, 5.41) is 3.17. The topological polar surface area (TPSA) is 60.0 Å². The maximum absolute atomic E-state index is 12.7. The third-order valence-electron chi connectivity index (χ3n) is 3.78. The number of likely N-dealkylation sites (N-methyl/N-ethyl adjacent to an activating group) is 1. The van der Waals surface area contributed by atoms with Gasteiger partial charge in [0.15, 0.2) is 11.5 Å². The van der Waals surface area contributed by atoms with Crippen molar-refractivity contribution in [3.05, 3.63) is 17.7 Å². The maximum atomic E-state index is 12.7. The van der Waals surface area contributed by atoms with E-state index in [2.05, 4.69) is 5.32 Å². The second kappa shape index (κ2) is 9.59. The van der Waals surface area contributed by atoms with E-state index in [0.717, 1.165) is 13.1 Å². The van der Waals surface area contributed by atoms with Crippen molar-refractivity contribution in [3.63, 3.8) is 0 Å². The molecule has 1 fully saturated rings. The van der Waals surface area contributed by atoms with Gasteiger partial charge in [-0.25, -0.2) is 0 Å². The van der Waals surface area contributed by atoms with Gasteiger partial charge in [0.05, 0.1) is 25.9 Å². The van der Waals surface area contributed by atoms with Crippen LogP contribution in [0.2, 0.25) is 0 Å². The van der Waals surface area contributed by atoms with Crippen LogP contribution in [-0.2, 0) is 0 Å². The molecule has 0 saturated carbocycles. The number of halogens is 1.